The minimum atomic E-state index is -1.65. The van der Waals surface area contributed by atoms with E-state index in [2.05, 4.69) is 0 Å². The van der Waals surface area contributed by atoms with E-state index in [1.807, 2.05) is 0 Å². The van der Waals surface area contributed by atoms with Gasteiger partial charge in [0.25, 0.3) is 5.91 Å². The fraction of sp³-hybridized carbons (Fsp3) is 0.786. The van der Waals surface area contributed by atoms with E-state index >= 15 is 0 Å². The van der Waals surface area contributed by atoms with E-state index in [4.69, 9.17) is 10.2 Å². The van der Waals surface area contributed by atoms with Crippen molar-refractivity contribution in [2.24, 2.45) is 5.92 Å². The monoisotopic (exact) mass is 384 g/mol. The van der Waals surface area contributed by atoms with Crippen molar-refractivity contribution in [1.29, 1.82) is 0 Å². The molecule has 9 nitrogen and oxygen atoms in total. The summed E-state index contributed by atoms with van der Waals surface area (Å²) >= 11 is 1.20. The molecule has 0 aromatic heterocycles. The standard InChI is InChI=1S/C14H22N2O7S.Na/c1-14(2)9(13(22)23)16-10(20)7(12(16)24-14)8(19)11(21)15(3-5-17)4-6-18;/h7-9,12,17-19H,3-6H2,1-2H3,(H,22,23);/q;+1/p-1/t7-,8+,9+,12-;/m1./s1. The predicted octanol–water partition coefficient (Wildman–Crippen LogP) is -6.41. The number of carbonyl (C=O) groups excluding carboxylic acids is 3. The van der Waals surface area contributed by atoms with Gasteiger partial charge >= 0.3 is 29.6 Å². The van der Waals surface area contributed by atoms with Gasteiger partial charge in [-0.25, -0.2) is 0 Å². The SMILES string of the molecule is CC1(C)S[C@@H]2[C@H]([C@H](O)C(=O)N(CCO)CCO)C(=O)N2[C@H]1C(=O)[O-].[Na+]. The Morgan fingerprint density at radius 1 is 1.32 bits per heavy atom. The normalized spacial score (nSPS) is 27.8. The maximum atomic E-state index is 12.3. The first-order valence-corrected chi connectivity index (χ1v) is 8.44. The van der Waals surface area contributed by atoms with Crippen molar-refractivity contribution in [1.82, 2.24) is 9.80 Å². The first kappa shape index (κ1) is 22.7. The number of carboxylic acids is 1. The molecule has 0 radical (unpaired) electrons. The van der Waals surface area contributed by atoms with Crippen LogP contribution >= 0.6 is 11.8 Å². The van der Waals surface area contributed by atoms with Crippen LogP contribution in [0.15, 0.2) is 0 Å². The molecular weight excluding hydrogens is 363 g/mol. The van der Waals surface area contributed by atoms with E-state index in [1.165, 1.54) is 11.8 Å². The van der Waals surface area contributed by atoms with Crippen molar-refractivity contribution in [3.63, 3.8) is 0 Å². The first-order valence-electron chi connectivity index (χ1n) is 7.56. The summed E-state index contributed by atoms with van der Waals surface area (Å²) in [7, 11) is 0. The van der Waals surface area contributed by atoms with Gasteiger partial charge in [-0.1, -0.05) is 0 Å². The van der Waals surface area contributed by atoms with Crippen LogP contribution in [-0.2, 0) is 14.4 Å². The van der Waals surface area contributed by atoms with Crippen molar-refractivity contribution in [3.05, 3.63) is 0 Å². The molecule has 0 aromatic carbocycles. The van der Waals surface area contributed by atoms with E-state index in [0.717, 1.165) is 9.80 Å². The second kappa shape index (κ2) is 8.55. The molecule has 0 bridgehead atoms. The molecule has 3 N–H and O–H groups in total. The Morgan fingerprint density at radius 3 is 2.28 bits per heavy atom. The van der Waals surface area contributed by atoms with Crippen LogP contribution in [0.1, 0.15) is 13.8 Å². The molecule has 2 heterocycles. The van der Waals surface area contributed by atoms with E-state index in [0.29, 0.717) is 0 Å². The number of thioether (sulfide) groups is 1. The number of carboxylic acid groups (broad SMARTS) is 1. The van der Waals surface area contributed by atoms with Gasteiger partial charge in [0, 0.05) is 17.8 Å². The maximum absolute atomic E-state index is 12.3. The molecule has 136 valence electrons. The molecule has 2 rings (SSSR count). The van der Waals surface area contributed by atoms with Crippen LogP contribution in [0.2, 0.25) is 0 Å². The Labute approximate surface area is 171 Å². The number of nitrogens with zero attached hydrogens (tertiary/aromatic N) is 2. The van der Waals surface area contributed by atoms with Crippen LogP contribution in [0.25, 0.3) is 0 Å². The van der Waals surface area contributed by atoms with Crippen LogP contribution in [0, 0.1) is 5.92 Å². The van der Waals surface area contributed by atoms with Gasteiger partial charge in [0.05, 0.1) is 30.6 Å². The molecule has 2 aliphatic heterocycles. The molecule has 25 heavy (non-hydrogen) atoms. The summed E-state index contributed by atoms with van der Waals surface area (Å²) in [4.78, 5) is 38.2. The summed E-state index contributed by atoms with van der Waals surface area (Å²) in [6.07, 6.45) is -1.65. The summed E-state index contributed by atoms with van der Waals surface area (Å²) in [6.45, 7) is 2.48. The third-order valence-electron chi connectivity index (χ3n) is 4.35. The first-order chi connectivity index (χ1) is 11.2. The van der Waals surface area contributed by atoms with Crippen LogP contribution in [0.3, 0.4) is 0 Å². The third kappa shape index (κ3) is 4.00. The summed E-state index contributed by atoms with van der Waals surface area (Å²) in [5.74, 6) is -3.80. The van der Waals surface area contributed by atoms with Crippen molar-refractivity contribution >= 4 is 29.5 Å². The van der Waals surface area contributed by atoms with Crippen LogP contribution in [-0.4, -0.2) is 91.5 Å². The second-order valence-electron chi connectivity index (χ2n) is 6.32. The molecule has 2 fully saturated rings. The number of carbonyl (C=O) groups is 3. The fourth-order valence-corrected chi connectivity index (χ4v) is 4.94. The quantitative estimate of drug-likeness (QED) is 0.291. The predicted molar refractivity (Wildman–Crippen MR) is 81.3 cm³/mol. The average molecular weight is 384 g/mol. The van der Waals surface area contributed by atoms with Crippen molar-refractivity contribution in [2.75, 3.05) is 26.3 Å². The number of rotatable bonds is 7. The van der Waals surface area contributed by atoms with Gasteiger partial charge in [-0.2, -0.15) is 0 Å². The number of aliphatic hydroxyl groups is 3. The van der Waals surface area contributed by atoms with Gasteiger partial charge in [-0.15, -0.1) is 11.8 Å². The zero-order valence-corrected chi connectivity index (χ0v) is 17.2. The molecule has 4 atom stereocenters. The molecule has 0 unspecified atom stereocenters. The van der Waals surface area contributed by atoms with E-state index in [1.54, 1.807) is 13.8 Å². The Balaban J connectivity index is 0.00000312. The zero-order chi connectivity index (χ0) is 18.2. The molecular formula is C14H21N2NaO7S. The third-order valence-corrected chi connectivity index (χ3v) is 5.94. The molecule has 0 aliphatic carbocycles. The summed E-state index contributed by atoms with van der Waals surface area (Å²) in [5, 5.41) is 38.9. The average Bonchev–Trinajstić information content (AvgIpc) is 2.74. The van der Waals surface area contributed by atoms with E-state index in [-0.39, 0.29) is 55.9 Å². The smallest absolute Gasteiger partial charge is 0.548 e. The topological polar surface area (TPSA) is 141 Å². The molecule has 2 saturated heterocycles. The fourth-order valence-electron chi connectivity index (χ4n) is 3.23. The van der Waals surface area contributed by atoms with Gasteiger partial charge in [0.15, 0.2) is 0 Å². The van der Waals surface area contributed by atoms with Crippen molar-refractivity contribution in [2.45, 2.75) is 36.1 Å². The Bertz CT molecular complexity index is 541. The number of aliphatic hydroxyl groups excluding tert-OH is 3. The summed E-state index contributed by atoms with van der Waals surface area (Å²) in [5.41, 5.74) is 0. The molecule has 11 heteroatoms. The number of β-lactam (4-membered cyclic amide) rings is 1. The molecule has 2 aliphatic rings. The van der Waals surface area contributed by atoms with Gasteiger partial charge in [-0.3, -0.25) is 9.59 Å². The number of amides is 2. The number of hydrogen-bond acceptors (Lipinski definition) is 8. The number of aliphatic carboxylic acids is 1. The maximum Gasteiger partial charge on any atom is 1.00 e. The van der Waals surface area contributed by atoms with Crippen LogP contribution in [0.5, 0.6) is 0 Å². The zero-order valence-electron chi connectivity index (χ0n) is 14.4. The van der Waals surface area contributed by atoms with Crippen molar-refractivity contribution < 1.29 is 64.4 Å². The second-order valence-corrected chi connectivity index (χ2v) is 8.09. The minimum absolute atomic E-state index is 0. The van der Waals surface area contributed by atoms with Crippen molar-refractivity contribution in [3.8, 4) is 0 Å². The van der Waals surface area contributed by atoms with Crippen LogP contribution in [0.4, 0.5) is 0 Å². The van der Waals surface area contributed by atoms with E-state index < -0.39 is 46.0 Å². The Morgan fingerprint density at radius 2 is 1.84 bits per heavy atom. The Hall–Kier alpha value is -0.360. The summed E-state index contributed by atoms with van der Waals surface area (Å²) < 4.78 is -0.799. The minimum Gasteiger partial charge on any atom is -0.548 e. The van der Waals surface area contributed by atoms with Gasteiger partial charge in [0.2, 0.25) is 5.91 Å². The largest absolute Gasteiger partial charge is 1.00 e. The number of fused-ring (bicyclic) bond motifs is 1. The Kier molecular flexibility index (Phi) is 7.76. The molecule has 0 aromatic rings. The van der Waals surface area contributed by atoms with Crippen LogP contribution < -0.4 is 34.7 Å². The van der Waals surface area contributed by atoms with E-state index in [9.17, 15) is 24.6 Å². The molecule has 0 spiro atoms. The number of hydrogen-bond donors (Lipinski definition) is 3. The van der Waals surface area contributed by atoms with Gasteiger partial charge in [0.1, 0.15) is 12.0 Å². The summed E-state index contributed by atoms with van der Waals surface area (Å²) in [6, 6.07) is -1.12. The van der Waals surface area contributed by atoms with Gasteiger partial charge in [-0.05, 0) is 13.8 Å². The molecule has 0 saturated carbocycles. The van der Waals surface area contributed by atoms with Gasteiger partial charge < -0.3 is 35.0 Å². The molecule has 2 amide bonds.